The summed E-state index contributed by atoms with van der Waals surface area (Å²) in [4.78, 5) is 29.5. The van der Waals surface area contributed by atoms with Crippen molar-refractivity contribution in [1.29, 1.82) is 5.26 Å². The van der Waals surface area contributed by atoms with Gasteiger partial charge in [0.2, 0.25) is 5.60 Å². The Balaban J connectivity index is 1.53. The number of nitrogens with zero attached hydrogens (tertiary/aromatic N) is 2. The number of aromatic hydroxyl groups is 1. The monoisotopic (exact) mass is 493 g/mol. The second-order valence-electron chi connectivity index (χ2n) is 10.1. The van der Waals surface area contributed by atoms with Crippen LogP contribution in [0.4, 0.5) is 4.39 Å². The molecular formula is C27H28FN3O5. The number of para-hydroxylation sites is 1. The molecule has 1 fully saturated rings. The van der Waals surface area contributed by atoms with E-state index in [-0.39, 0.29) is 42.0 Å². The van der Waals surface area contributed by atoms with Gasteiger partial charge in [0, 0.05) is 29.6 Å². The number of nitriles is 1. The van der Waals surface area contributed by atoms with Gasteiger partial charge in [-0.3, -0.25) is 9.59 Å². The Bertz CT molecular complexity index is 1360. The van der Waals surface area contributed by atoms with Crippen LogP contribution in [0.25, 0.3) is 12.2 Å². The van der Waals surface area contributed by atoms with Crippen molar-refractivity contribution in [3.05, 3.63) is 52.4 Å². The maximum atomic E-state index is 14.1. The summed E-state index contributed by atoms with van der Waals surface area (Å²) in [6.07, 6.45) is 6.16. The van der Waals surface area contributed by atoms with Crippen molar-refractivity contribution in [2.75, 3.05) is 6.54 Å². The molecule has 36 heavy (non-hydrogen) atoms. The molecule has 0 radical (unpaired) electrons. The number of pyridine rings is 1. The summed E-state index contributed by atoms with van der Waals surface area (Å²) in [6, 6.07) is 7.83. The first kappa shape index (κ1) is 25.2. The van der Waals surface area contributed by atoms with Crippen LogP contribution in [0, 0.1) is 29.0 Å². The summed E-state index contributed by atoms with van der Waals surface area (Å²) < 4.78 is 25.3. The molecule has 188 valence electrons. The van der Waals surface area contributed by atoms with Gasteiger partial charge in [-0.15, -0.1) is 0 Å². The van der Waals surface area contributed by atoms with Gasteiger partial charge in [-0.05, 0) is 57.7 Å². The maximum Gasteiger partial charge on any atom is 0.311 e. The smallest absolute Gasteiger partial charge is 0.311 e. The lowest BCUT2D eigenvalue weighted by Gasteiger charge is -2.26. The minimum atomic E-state index is -1.50. The summed E-state index contributed by atoms with van der Waals surface area (Å²) in [7, 11) is 0. The number of hydrogen-bond acceptors (Lipinski definition) is 7. The van der Waals surface area contributed by atoms with E-state index in [4.69, 9.17) is 9.47 Å². The number of rotatable bonds is 7. The van der Waals surface area contributed by atoms with E-state index in [1.54, 1.807) is 32.9 Å². The molecule has 1 heterocycles. The molecule has 8 nitrogen and oxygen atoms in total. The molecule has 2 aliphatic rings. The Labute approximate surface area is 208 Å². The lowest BCUT2D eigenvalue weighted by Crippen LogP contribution is -2.43. The molecule has 0 aliphatic heterocycles. The Hall–Kier alpha value is -3.93. The number of carbonyl (C=O) groups is 2. The molecule has 1 amide bonds. The van der Waals surface area contributed by atoms with Crippen molar-refractivity contribution in [3.63, 3.8) is 0 Å². The number of fused-ring (bicyclic) bond motifs is 1. The molecule has 0 saturated heterocycles. The molecule has 2 atom stereocenters. The lowest BCUT2D eigenvalue weighted by molar-refractivity contribution is -0.160. The number of benzene rings is 1. The Morgan fingerprint density at radius 3 is 2.69 bits per heavy atom. The molecule has 2 aromatic rings. The predicted molar refractivity (Wildman–Crippen MR) is 128 cm³/mol. The van der Waals surface area contributed by atoms with Gasteiger partial charge in [0.15, 0.2) is 23.0 Å². The van der Waals surface area contributed by atoms with Crippen LogP contribution in [0.3, 0.4) is 0 Å². The van der Waals surface area contributed by atoms with Crippen LogP contribution in [0.5, 0.6) is 11.5 Å². The first-order valence-corrected chi connectivity index (χ1v) is 11.8. The third-order valence-electron chi connectivity index (χ3n) is 6.04. The van der Waals surface area contributed by atoms with E-state index in [0.29, 0.717) is 10.4 Å². The van der Waals surface area contributed by atoms with Gasteiger partial charge in [-0.25, -0.2) is 9.37 Å². The number of hydrogen-bond donors (Lipinski definition) is 2. The molecule has 0 spiro atoms. The molecule has 2 aliphatic carbocycles. The summed E-state index contributed by atoms with van der Waals surface area (Å²) in [5, 5.41) is 24.0. The van der Waals surface area contributed by atoms with Gasteiger partial charge in [-0.1, -0.05) is 18.2 Å². The average Bonchev–Trinajstić information content (AvgIpc) is 3.65. The van der Waals surface area contributed by atoms with Crippen molar-refractivity contribution >= 4 is 24.0 Å². The molecule has 1 aromatic heterocycles. The van der Waals surface area contributed by atoms with Crippen LogP contribution < -0.4 is 20.5 Å². The van der Waals surface area contributed by atoms with Gasteiger partial charge < -0.3 is 19.9 Å². The van der Waals surface area contributed by atoms with Gasteiger partial charge in [0.25, 0.3) is 5.91 Å². The number of carbonyl (C=O) groups excluding carboxylic acids is 2. The van der Waals surface area contributed by atoms with Crippen molar-refractivity contribution in [3.8, 4) is 17.6 Å². The van der Waals surface area contributed by atoms with Gasteiger partial charge >= 0.3 is 5.97 Å². The number of ether oxygens (including phenoxy) is 2. The summed E-state index contributed by atoms with van der Waals surface area (Å²) in [6.45, 7) is 5.44. The fraction of sp³-hybridized carbons (Fsp3) is 0.407. The van der Waals surface area contributed by atoms with Crippen molar-refractivity contribution < 1.29 is 28.6 Å². The topological polar surface area (TPSA) is 122 Å². The second kappa shape index (κ2) is 9.61. The number of esters is 1. The number of amides is 1. The highest BCUT2D eigenvalue weighted by atomic mass is 19.1. The van der Waals surface area contributed by atoms with E-state index in [9.17, 15) is 24.3 Å². The van der Waals surface area contributed by atoms with Crippen LogP contribution in [0.15, 0.2) is 30.5 Å². The highest BCUT2D eigenvalue weighted by Gasteiger charge is 2.39. The molecule has 2 unspecified atom stereocenters. The Morgan fingerprint density at radius 2 is 2.06 bits per heavy atom. The maximum absolute atomic E-state index is 14.1. The van der Waals surface area contributed by atoms with E-state index in [2.05, 4.69) is 16.4 Å². The molecule has 1 aromatic carbocycles. The second-order valence-corrected chi connectivity index (χ2v) is 10.1. The van der Waals surface area contributed by atoms with E-state index < -0.39 is 28.8 Å². The van der Waals surface area contributed by atoms with E-state index >= 15 is 0 Å². The molecule has 0 bridgehead atoms. The zero-order valence-electron chi connectivity index (χ0n) is 20.4. The predicted octanol–water partition coefficient (Wildman–Crippen LogP) is 2.33. The van der Waals surface area contributed by atoms with Crippen molar-refractivity contribution in [1.82, 2.24) is 10.3 Å². The summed E-state index contributed by atoms with van der Waals surface area (Å²) in [5.74, 6) is -2.33. The SMILES string of the molecule is CC(C)(C)OC(=O)C(CNC(=O)c1ncc2c(c1O)=CCC(C#N)(Oc1ccccc1F)C=2)C1CC1. The highest BCUT2D eigenvalue weighted by Crippen LogP contribution is 2.38. The van der Waals surface area contributed by atoms with E-state index in [1.807, 2.05) is 0 Å². The molecular weight excluding hydrogens is 465 g/mol. The van der Waals surface area contributed by atoms with Crippen molar-refractivity contribution in [2.24, 2.45) is 11.8 Å². The third-order valence-corrected chi connectivity index (χ3v) is 6.04. The standard InChI is InChI=1S/C27H28FN3O5/c1-26(2,3)36-25(34)19(16-8-9-16)14-31-24(33)22-23(32)18-10-11-27(15-29,12-17(18)13-30-22)35-21-7-5-4-6-20(21)28/h4-7,10,12-13,16,19,32H,8-9,11,14H2,1-3H3,(H,31,33). The lowest BCUT2D eigenvalue weighted by atomic mass is 9.93. The van der Waals surface area contributed by atoms with Crippen LogP contribution in [-0.2, 0) is 9.53 Å². The van der Waals surface area contributed by atoms with Gasteiger partial charge in [0.1, 0.15) is 11.7 Å². The number of aromatic nitrogens is 1. The largest absolute Gasteiger partial charge is 0.505 e. The molecule has 9 heteroatoms. The fourth-order valence-corrected chi connectivity index (χ4v) is 4.09. The summed E-state index contributed by atoms with van der Waals surface area (Å²) in [5.41, 5.74) is -2.33. The zero-order valence-corrected chi connectivity index (χ0v) is 20.4. The van der Waals surface area contributed by atoms with E-state index in [0.717, 1.165) is 12.8 Å². The Kier molecular flexibility index (Phi) is 6.72. The first-order valence-electron chi connectivity index (χ1n) is 11.8. The number of halogens is 1. The van der Waals surface area contributed by atoms with Crippen LogP contribution >= 0.6 is 0 Å². The van der Waals surface area contributed by atoms with Crippen LogP contribution in [-0.4, -0.2) is 39.7 Å². The molecule has 4 rings (SSSR count). The highest BCUT2D eigenvalue weighted by molar-refractivity contribution is 5.95. The zero-order chi connectivity index (χ0) is 26.1. The molecule has 1 saturated carbocycles. The quantitative estimate of drug-likeness (QED) is 0.568. The summed E-state index contributed by atoms with van der Waals surface area (Å²) >= 11 is 0. The normalized spacial score (nSPS) is 19.5. The molecule has 2 N–H and O–H groups in total. The number of nitrogens with one attached hydrogen (secondary N) is 1. The van der Waals surface area contributed by atoms with Crippen molar-refractivity contribution in [2.45, 2.75) is 51.2 Å². The fourth-order valence-electron chi connectivity index (χ4n) is 4.09. The first-order chi connectivity index (χ1) is 17.0. The van der Waals surface area contributed by atoms with Gasteiger partial charge in [0.05, 0.1) is 5.92 Å². The van der Waals surface area contributed by atoms with Crippen LogP contribution in [0.1, 0.15) is 50.5 Å². The van der Waals surface area contributed by atoms with Crippen LogP contribution in [0.2, 0.25) is 0 Å². The minimum Gasteiger partial charge on any atom is -0.505 e. The minimum absolute atomic E-state index is 0.0197. The van der Waals surface area contributed by atoms with Gasteiger partial charge in [-0.2, -0.15) is 5.26 Å². The average molecular weight is 494 g/mol. The Morgan fingerprint density at radius 1 is 1.33 bits per heavy atom. The van der Waals surface area contributed by atoms with E-state index in [1.165, 1.54) is 30.5 Å². The third kappa shape index (κ3) is 5.48.